The van der Waals surface area contributed by atoms with E-state index in [9.17, 15) is 0 Å². The Kier molecular flexibility index (Phi) is 5.32. The molecule has 4 rings (SSSR count). The fourth-order valence-corrected chi connectivity index (χ4v) is 3.52. The minimum absolute atomic E-state index is 0.502. The molecular formula is C20H19N3O3S. The first kappa shape index (κ1) is 17.5. The largest absolute Gasteiger partial charge is 0.497 e. The number of benzene rings is 1. The zero-order chi connectivity index (χ0) is 18.5. The molecule has 0 spiro atoms. The van der Waals surface area contributed by atoms with Crippen LogP contribution in [0.2, 0.25) is 0 Å². The molecule has 0 aliphatic rings. The number of rotatable bonds is 8. The van der Waals surface area contributed by atoms with E-state index in [0.717, 1.165) is 23.6 Å². The van der Waals surface area contributed by atoms with Crippen molar-refractivity contribution in [1.82, 2.24) is 15.1 Å². The lowest BCUT2D eigenvalue weighted by Crippen LogP contribution is -2.21. The van der Waals surface area contributed by atoms with E-state index in [0.29, 0.717) is 24.9 Å². The molecule has 138 valence electrons. The highest BCUT2D eigenvalue weighted by molar-refractivity contribution is 7.09. The molecule has 0 aliphatic heterocycles. The van der Waals surface area contributed by atoms with Crippen molar-refractivity contribution in [2.45, 2.75) is 19.6 Å². The van der Waals surface area contributed by atoms with Gasteiger partial charge in [0.1, 0.15) is 11.5 Å². The monoisotopic (exact) mass is 381 g/mol. The van der Waals surface area contributed by atoms with Crippen molar-refractivity contribution in [2.24, 2.45) is 0 Å². The van der Waals surface area contributed by atoms with Crippen molar-refractivity contribution in [3.8, 4) is 17.2 Å². The smallest absolute Gasteiger partial charge is 0.247 e. The van der Waals surface area contributed by atoms with E-state index in [4.69, 9.17) is 13.6 Å². The maximum atomic E-state index is 5.88. The summed E-state index contributed by atoms with van der Waals surface area (Å²) in [6, 6.07) is 15.6. The summed E-state index contributed by atoms with van der Waals surface area (Å²) in [7, 11) is 1.64. The fourth-order valence-electron chi connectivity index (χ4n) is 2.77. The first-order valence-corrected chi connectivity index (χ1v) is 9.42. The Morgan fingerprint density at radius 3 is 2.59 bits per heavy atom. The number of hydrogen-bond donors (Lipinski definition) is 0. The molecule has 0 N–H and O–H groups in total. The molecule has 0 atom stereocenters. The lowest BCUT2D eigenvalue weighted by Gasteiger charge is -2.18. The molecule has 3 aromatic heterocycles. The minimum atomic E-state index is 0.502. The molecule has 0 saturated heterocycles. The van der Waals surface area contributed by atoms with E-state index >= 15 is 0 Å². The van der Waals surface area contributed by atoms with Gasteiger partial charge < -0.3 is 13.6 Å². The number of aromatic nitrogens is 2. The average molecular weight is 381 g/mol. The molecule has 4 aromatic rings. The standard InChI is InChI=1S/C20H19N3O3S/c1-24-16-8-6-15(7-9-16)20-22-21-19(26-20)14-23(12-17-4-2-10-25-17)13-18-5-3-11-27-18/h2-11H,12-14H2,1H3. The Balaban J connectivity index is 1.49. The summed E-state index contributed by atoms with van der Waals surface area (Å²) in [5.74, 6) is 2.77. The van der Waals surface area contributed by atoms with Gasteiger partial charge in [-0.3, -0.25) is 4.90 Å². The van der Waals surface area contributed by atoms with Crippen molar-refractivity contribution in [2.75, 3.05) is 7.11 Å². The molecule has 27 heavy (non-hydrogen) atoms. The highest BCUT2D eigenvalue weighted by atomic mass is 32.1. The quantitative estimate of drug-likeness (QED) is 0.444. The second-order valence-electron chi connectivity index (χ2n) is 6.03. The van der Waals surface area contributed by atoms with Gasteiger partial charge in [0.25, 0.3) is 0 Å². The Labute approximate surface area is 161 Å². The third-order valence-electron chi connectivity index (χ3n) is 4.08. The zero-order valence-corrected chi connectivity index (χ0v) is 15.7. The number of ether oxygens (including phenoxy) is 1. The third kappa shape index (κ3) is 4.45. The molecule has 0 unspecified atom stereocenters. The third-order valence-corrected chi connectivity index (χ3v) is 4.94. The van der Waals surface area contributed by atoms with E-state index < -0.39 is 0 Å². The highest BCUT2D eigenvalue weighted by Gasteiger charge is 2.15. The summed E-state index contributed by atoms with van der Waals surface area (Å²) < 4.78 is 16.6. The van der Waals surface area contributed by atoms with Gasteiger partial charge in [0.2, 0.25) is 11.8 Å². The lowest BCUT2D eigenvalue weighted by molar-refractivity contribution is 0.208. The number of thiophene rings is 1. The number of nitrogens with zero attached hydrogens (tertiary/aromatic N) is 3. The van der Waals surface area contributed by atoms with E-state index in [1.165, 1.54) is 4.88 Å². The van der Waals surface area contributed by atoms with Gasteiger partial charge in [0, 0.05) is 17.0 Å². The summed E-state index contributed by atoms with van der Waals surface area (Å²) in [5, 5.41) is 10.5. The van der Waals surface area contributed by atoms with E-state index in [-0.39, 0.29) is 0 Å². The highest BCUT2D eigenvalue weighted by Crippen LogP contribution is 2.22. The van der Waals surface area contributed by atoms with Gasteiger partial charge in [-0.25, -0.2) is 0 Å². The molecule has 3 heterocycles. The van der Waals surface area contributed by atoms with Gasteiger partial charge in [-0.15, -0.1) is 21.5 Å². The molecule has 0 radical (unpaired) electrons. The van der Waals surface area contributed by atoms with E-state index in [1.54, 1.807) is 24.7 Å². The number of hydrogen-bond acceptors (Lipinski definition) is 7. The van der Waals surface area contributed by atoms with Crippen LogP contribution < -0.4 is 4.74 Å². The zero-order valence-electron chi connectivity index (χ0n) is 14.9. The predicted octanol–water partition coefficient (Wildman–Crippen LogP) is 4.60. The van der Waals surface area contributed by atoms with Gasteiger partial charge in [0.05, 0.1) is 26.5 Å². The van der Waals surface area contributed by atoms with Gasteiger partial charge in [-0.2, -0.15) is 0 Å². The Bertz CT molecular complexity index is 911. The normalized spacial score (nSPS) is 11.2. The van der Waals surface area contributed by atoms with Gasteiger partial charge in [0.15, 0.2) is 0 Å². The van der Waals surface area contributed by atoms with Crippen LogP contribution in [0.4, 0.5) is 0 Å². The van der Waals surface area contributed by atoms with Crippen LogP contribution in [0.25, 0.3) is 11.5 Å². The summed E-state index contributed by atoms with van der Waals surface area (Å²) in [6.07, 6.45) is 1.69. The van der Waals surface area contributed by atoms with E-state index in [2.05, 4.69) is 32.6 Å². The minimum Gasteiger partial charge on any atom is -0.497 e. The summed E-state index contributed by atoms with van der Waals surface area (Å²) in [5.41, 5.74) is 0.866. The van der Waals surface area contributed by atoms with Gasteiger partial charge >= 0.3 is 0 Å². The van der Waals surface area contributed by atoms with Crippen molar-refractivity contribution in [3.63, 3.8) is 0 Å². The summed E-state index contributed by atoms with van der Waals surface area (Å²) in [4.78, 5) is 3.49. The van der Waals surface area contributed by atoms with Crippen LogP contribution in [0.1, 0.15) is 16.5 Å². The molecule has 6 nitrogen and oxygen atoms in total. The van der Waals surface area contributed by atoms with Crippen molar-refractivity contribution in [3.05, 3.63) is 76.7 Å². The number of furan rings is 1. The molecule has 7 heteroatoms. The summed E-state index contributed by atoms with van der Waals surface area (Å²) in [6.45, 7) is 2.01. The predicted molar refractivity (Wildman–Crippen MR) is 102 cm³/mol. The fraction of sp³-hybridized carbons (Fsp3) is 0.200. The van der Waals surface area contributed by atoms with Crippen molar-refractivity contribution < 1.29 is 13.6 Å². The van der Waals surface area contributed by atoms with E-state index in [1.807, 2.05) is 36.4 Å². The average Bonchev–Trinajstić information content (AvgIpc) is 3.45. The molecule has 0 fully saturated rings. The molecule has 0 amide bonds. The van der Waals surface area contributed by atoms with Gasteiger partial charge in [-0.1, -0.05) is 6.07 Å². The Morgan fingerprint density at radius 2 is 1.89 bits per heavy atom. The van der Waals surface area contributed by atoms with Crippen LogP contribution >= 0.6 is 11.3 Å². The maximum Gasteiger partial charge on any atom is 0.247 e. The van der Waals surface area contributed by atoms with Crippen LogP contribution in [0, 0.1) is 0 Å². The second kappa shape index (κ2) is 8.20. The van der Waals surface area contributed by atoms with Gasteiger partial charge in [-0.05, 0) is 47.8 Å². The second-order valence-corrected chi connectivity index (χ2v) is 7.07. The van der Waals surface area contributed by atoms with Crippen LogP contribution in [-0.2, 0) is 19.6 Å². The topological polar surface area (TPSA) is 64.5 Å². The van der Waals surface area contributed by atoms with Crippen molar-refractivity contribution >= 4 is 11.3 Å². The molecule has 0 aliphatic carbocycles. The Hall–Kier alpha value is -2.90. The SMILES string of the molecule is COc1ccc(-c2nnc(CN(Cc3ccco3)Cc3cccs3)o2)cc1. The maximum absolute atomic E-state index is 5.88. The van der Waals surface area contributed by atoms with Crippen molar-refractivity contribution in [1.29, 1.82) is 0 Å². The Morgan fingerprint density at radius 1 is 1.00 bits per heavy atom. The first-order valence-electron chi connectivity index (χ1n) is 8.54. The first-order chi connectivity index (χ1) is 13.3. The van der Waals surface area contributed by atoms with Crippen LogP contribution in [0.3, 0.4) is 0 Å². The summed E-state index contributed by atoms with van der Waals surface area (Å²) >= 11 is 1.73. The lowest BCUT2D eigenvalue weighted by atomic mass is 10.2. The molecular weight excluding hydrogens is 362 g/mol. The molecule has 1 aromatic carbocycles. The van der Waals surface area contributed by atoms with Crippen LogP contribution in [0.15, 0.2) is 69.0 Å². The number of methoxy groups -OCH3 is 1. The molecule has 0 bridgehead atoms. The molecule has 0 saturated carbocycles. The van der Waals surface area contributed by atoms with Crippen LogP contribution in [-0.4, -0.2) is 22.2 Å². The van der Waals surface area contributed by atoms with Crippen LogP contribution in [0.5, 0.6) is 5.75 Å².